The van der Waals surface area contributed by atoms with Gasteiger partial charge in [0.1, 0.15) is 12.7 Å². The summed E-state index contributed by atoms with van der Waals surface area (Å²) in [6.45, 7) is 0.678. The maximum Gasteiger partial charge on any atom is 0.278 e. The molecule has 0 fully saturated rings. The summed E-state index contributed by atoms with van der Waals surface area (Å²) in [5.74, 6) is -0.905. The van der Waals surface area contributed by atoms with Gasteiger partial charge in [0.25, 0.3) is 5.91 Å². The Labute approximate surface area is 179 Å². The quantitative estimate of drug-likeness (QED) is 0.620. The fraction of sp³-hybridized carbons (Fsp3) is 0.208. The first kappa shape index (κ1) is 19.1. The van der Waals surface area contributed by atoms with Crippen LogP contribution in [0.3, 0.4) is 0 Å². The van der Waals surface area contributed by atoms with E-state index >= 15 is 0 Å². The molecule has 2 aliphatic heterocycles. The van der Waals surface area contributed by atoms with Crippen molar-refractivity contribution in [2.45, 2.75) is 18.9 Å². The highest BCUT2D eigenvalue weighted by atomic mass is 16.3. The molecule has 0 saturated carbocycles. The molecule has 31 heavy (non-hydrogen) atoms. The molecular formula is C24H22N4O3. The Bertz CT molecular complexity index is 1220. The number of aromatic nitrogens is 2. The first-order valence-electron chi connectivity index (χ1n) is 10.3. The van der Waals surface area contributed by atoms with Gasteiger partial charge in [0.05, 0.1) is 5.69 Å². The molecule has 4 heterocycles. The van der Waals surface area contributed by atoms with E-state index in [1.807, 2.05) is 41.4 Å². The Morgan fingerprint density at radius 2 is 1.84 bits per heavy atom. The van der Waals surface area contributed by atoms with E-state index in [2.05, 4.69) is 23.2 Å². The minimum atomic E-state index is -0.573. The number of nitrogens with zero attached hydrogens (tertiary/aromatic N) is 4. The van der Waals surface area contributed by atoms with Crippen molar-refractivity contribution in [3.8, 4) is 5.75 Å². The normalized spacial score (nSPS) is 19.2. The Morgan fingerprint density at radius 1 is 1.00 bits per heavy atom. The van der Waals surface area contributed by atoms with Crippen molar-refractivity contribution < 1.29 is 9.90 Å². The van der Waals surface area contributed by atoms with E-state index in [-0.39, 0.29) is 24.3 Å². The Kier molecular flexibility index (Phi) is 4.78. The fourth-order valence-electron chi connectivity index (χ4n) is 4.33. The number of fused-ring (bicyclic) bond motifs is 5. The Hall–Kier alpha value is -3.87. The number of allylic oxidation sites excluding steroid dienone is 1. The molecule has 1 aromatic carbocycles. The van der Waals surface area contributed by atoms with Gasteiger partial charge < -0.3 is 10.0 Å². The van der Waals surface area contributed by atoms with Crippen LogP contribution >= 0.6 is 0 Å². The third-order valence-electron chi connectivity index (χ3n) is 5.82. The summed E-state index contributed by atoms with van der Waals surface area (Å²) in [5, 5.41) is 12.5. The SMILES string of the molecule is O=C1c2c(O)c(=O)ccn2N2CN1C/C=C\CCc1ccccc1[C@@H]2c1ccccn1. The molecule has 3 aromatic rings. The highest BCUT2D eigenvalue weighted by Gasteiger charge is 2.37. The van der Waals surface area contributed by atoms with Crippen molar-refractivity contribution in [2.75, 3.05) is 18.2 Å². The van der Waals surface area contributed by atoms with Gasteiger partial charge in [0.15, 0.2) is 11.4 Å². The molecule has 2 bridgehead atoms. The van der Waals surface area contributed by atoms with Crippen LogP contribution < -0.4 is 10.4 Å². The monoisotopic (exact) mass is 414 g/mol. The standard InChI is InChI=1S/C24H22N4O3/c29-20-12-15-27-22(23(20)30)24(31)26-14-7-1-2-8-17-9-3-4-10-18(17)21(28(27)16-26)19-11-5-6-13-25-19/h1,3-7,9-13,15,21,30H,2,8,14,16H2/b7-1-/t21-/m1/s1. The van der Waals surface area contributed by atoms with Crippen LogP contribution in [-0.2, 0) is 6.42 Å². The zero-order chi connectivity index (χ0) is 21.4. The number of aromatic hydroxyl groups is 1. The number of hydrogen-bond donors (Lipinski definition) is 1. The van der Waals surface area contributed by atoms with Crippen LogP contribution in [0.5, 0.6) is 5.75 Å². The average Bonchev–Trinajstić information content (AvgIpc) is 2.82. The molecule has 0 unspecified atom stereocenters. The van der Waals surface area contributed by atoms with Crippen molar-refractivity contribution in [3.63, 3.8) is 0 Å². The van der Waals surface area contributed by atoms with E-state index in [4.69, 9.17) is 0 Å². The molecule has 156 valence electrons. The van der Waals surface area contributed by atoms with Crippen molar-refractivity contribution in [1.82, 2.24) is 14.6 Å². The zero-order valence-electron chi connectivity index (χ0n) is 16.9. The van der Waals surface area contributed by atoms with Crippen molar-refractivity contribution >= 4 is 5.91 Å². The lowest BCUT2D eigenvalue weighted by Crippen LogP contribution is -2.55. The Morgan fingerprint density at radius 3 is 2.68 bits per heavy atom. The van der Waals surface area contributed by atoms with Gasteiger partial charge >= 0.3 is 0 Å². The molecule has 0 radical (unpaired) electrons. The number of carbonyl (C=O) groups excluding carboxylic acids is 1. The van der Waals surface area contributed by atoms with Crippen LogP contribution in [0.25, 0.3) is 0 Å². The van der Waals surface area contributed by atoms with Crippen LogP contribution in [0.15, 0.2) is 77.9 Å². The number of hydrogen-bond acceptors (Lipinski definition) is 5. The predicted molar refractivity (Wildman–Crippen MR) is 116 cm³/mol. The third kappa shape index (κ3) is 3.28. The summed E-state index contributed by atoms with van der Waals surface area (Å²) >= 11 is 0. The summed E-state index contributed by atoms with van der Waals surface area (Å²) < 4.78 is 1.60. The van der Waals surface area contributed by atoms with Gasteiger partial charge in [-0.15, -0.1) is 0 Å². The smallest absolute Gasteiger partial charge is 0.278 e. The minimum absolute atomic E-state index is 0.0233. The molecule has 2 aromatic heterocycles. The average molecular weight is 414 g/mol. The van der Waals surface area contributed by atoms with Crippen LogP contribution in [0.4, 0.5) is 0 Å². The number of rotatable bonds is 1. The molecule has 1 amide bonds. The van der Waals surface area contributed by atoms with E-state index in [1.54, 1.807) is 22.0 Å². The van der Waals surface area contributed by atoms with E-state index < -0.39 is 11.2 Å². The van der Waals surface area contributed by atoms with Crippen LogP contribution in [-0.4, -0.2) is 38.8 Å². The largest absolute Gasteiger partial charge is 0.502 e. The Balaban J connectivity index is 1.80. The third-order valence-corrected chi connectivity index (χ3v) is 5.82. The van der Waals surface area contributed by atoms with Crippen molar-refractivity contribution in [2.24, 2.45) is 0 Å². The second-order valence-corrected chi connectivity index (χ2v) is 7.70. The summed E-state index contributed by atoms with van der Waals surface area (Å²) in [6, 6.07) is 15.0. The van der Waals surface area contributed by atoms with E-state index in [0.717, 1.165) is 24.1 Å². The zero-order valence-corrected chi connectivity index (χ0v) is 16.9. The molecule has 1 atom stereocenters. The summed E-state index contributed by atoms with van der Waals surface area (Å²) in [4.78, 5) is 31.6. The van der Waals surface area contributed by atoms with Crippen molar-refractivity contribution in [1.29, 1.82) is 0 Å². The van der Waals surface area contributed by atoms with Gasteiger partial charge in [-0.25, -0.2) is 0 Å². The lowest BCUT2D eigenvalue weighted by Gasteiger charge is -2.43. The maximum absolute atomic E-state index is 13.2. The van der Waals surface area contributed by atoms with Crippen molar-refractivity contribution in [3.05, 3.63) is 106 Å². The summed E-state index contributed by atoms with van der Waals surface area (Å²) in [6.07, 6.45) is 9.06. The van der Waals surface area contributed by atoms with Crippen LogP contribution in [0, 0.1) is 0 Å². The van der Waals surface area contributed by atoms with Crippen LogP contribution in [0.1, 0.15) is 39.8 Å². The molecule has 7 nitrogen and oxygen atoms in total. The summed E-state index contributed by atoms with van der Waals surface area (Å²) in [5.41, 5.74) is 2.50. The minimum Gasteiger partial charge on any atom is -0.502 e. The van der Waals surface area contributed by atoms with E-state index in [9.17, 15) is 14.7 Å². The van der Waals surface area contributed by atoms with E-state index in [0.29, 0.717) is 6.54 Å². The maximum atomic E-state index is 13.2. The second kappa shape index (κ2) is 7.75. The predicted octanol–water partition coefficient (Wildman–Crippen LogP) is 2.59. The number of amides is 1. The first-order chi connectivity index (χ1) is 15.1. The second-order valence-electron chi connectivity index (χ2n) is 7.70. The topological polar surface area (TPSA) is 78.7 Å². The van der Waals surface area contributed by atoms with Gasteiger partial charge in [-0.1, -0.05) is 42.5 Å². The first-order valence-corrected chi connectivity index (χ1v) is 10.3. The molecule has 5 rings (SSSR count). The molecule has 7 heteroatoms. The lowest BCUT2D eigenvalue weighted by atomic mass is 9.94. The highest BCUT2D eigenvalue weighted by Crippen LogP contribution is 2.33. The molecule has 1 N–H and O–H groups in total. The van der Waals surface area contributed by atoms with Gasteiger partial charge in [-0.3, -0.25) is 24.3 Å². The number of carbonyl (C=O) groups is 1. The van der Waals surface area contributed by atoms with E-state index in [1.165, 1.54) is 11.6 Å². The van der Waals surface area contributed by atoms with Gasteiger partial charge in [0, 0.05) is 25.0 Å². The number of aryl methyl sites for hydroxylation is 1. The molecule has 2 aliphatic rings. The fourth-order valence-corrected chi connectivity index (χ4v) is 4.33. The van der Waals surface area contributed by atoms with Gasteiger partial charge in [0.2, 0.25) is 5.43 Å². The van der Waals surface area contributed by atoms with Gasteiger partial charge in [-0.05, 0) is 36.1 Å². The molecule has 0 saturated heterocycles. The van der Waals surface area contributed by atoms with Gasteiger partial charge in [-0.2, -0.15) is 0 Å². The lowest BCUT2D eigenvalue weighted by molar-refractivity contribution is 0.0701. The highest BCUT2D eigenvalue weighted by molar-refractivity contribution is 5.96. The summed E-state index contributed by atoms with van der Waals surface area (Å²) in [7, 11) is 0. The number of pyridine rings is 2. The molecule has 0 aliphatic carbocycles. The molecule has 0 spiro atoms. The molecular weight excluding hydrogens is 392 g/mol. The number of benzene rings is 1. The van der Waals surface area contributed by atoms with Crippen LogP contribution in [0.2, 0.25) is 0 Å².